The van der Waals surface area contributed by atoms with Crippen molar-refractivity contribution in [3.05, 3.63) is 5.82 Å². The van der Waals surface area contributed by atoms with Crippen LogP contribution < -0.4 is 5.32 Å². The van der Waals surface area contributed by atoms with Crippen molar-refractivity contribution < 1.29 is 0 Å². The molecule has 72 valence electrons. The summed E-state index contributed by atoms with van der Waals surface area (Å²) in [7, 11) is 1.75. The van der Waals surface area contributed by atoms with Crippen LogP contribution in [-0.2, 0) is 13.6 Å². The molecule has 6 heteroatoms. The second-order valence-corrected chi connectivity index (χ2v) is 3.73. The summed E-state index contributed by atoms with van der Waals surface area (Å²) in [5.41, 5.74) is 0.154. The molecule has 1 N–H and O–H groups in total. The Labute approximate surface area is 81.5 Å². The first-order valence-corrected chi connectivity index (χ1v) is 4.81. The maximum absolute atomic E-state index is 5.80. The number of rotatable bonds is 4. The largest absolute Gasteiger partial charge is 0.303 e. The number of hydrogen-bond acceptors (Lipinski definition) is 4. The van der Waals surface area contributed by atoms with Crippen LogP contribution in [0.3, 0.4) is 0 Å². The summed E-state index contributed by atoms with van der Waals surface area (Å²) in [4.78, 5) is 1.46. The molecule has 0 amide bonds. The van der Waals surface area contributed by atoms with Gasteiger partial charge in [-0.1, -0.05) is 0 Å². The molecule has 1 aliphatic rings. The maximum atomic E-state index is 5.80. The van der Waals surface area contributed by atoms with Crippen molar-refractivity contribution in [1.29, 1.82) is 0 Å². The van der Waals surface area contributed by atoms with E-state index in [1.54, 1.807) is 7.05 Å². The van der Waals surface area contributed by atoms with E-state index in [0.29, 0.717) is 12.4 Å². The van der Waals surface area contributed by atoms with E-state index < -0.39 is 0 Å². The number of halogens is 1. The highest BCUT2D eigenvalue weighted by atomic mass is 35.5. The number of tetrazole rings is 1. The average Bonchev–Trinajstić information content (AvgIpc) is 2.81. The van der Waals surface area contributed by atoms with Crippen LogP contribution in [0.2, 0.25) is 0 Å². The van der Waals surface area contributed by atoms with Crippen LogP contribution >= 0.6 is 11.6 Å². The molecule has 0 aromatic carbocycles. The Kier molecular flexibility index (Phi) is 2.21. The van der Waals surface area contributed by atoms with Gasteiger partial charge in [-0.3, -0.25) is 0 Å². The minimum Gasteiger partial charge on any atom is -0.303 e. The second kappa shape index (κ2) is 3.23. The Morgan fingerprint density at radius 1 is 1.62 bits per heavy atom. The first kappa shape index (κ1) is 8.90. The number of nitrogens with one attached hydrogen (secondary N) is 1. The average molecular weight is 202 g/mol. The summed E-state index contributed by atoms with van der Waals surface area (Å²) in [5, 5.41) is 15.0. The fraction of sp³-hybridized carbons (Fsp3) is 0.857. The smallest absolute Gasteiger partial charge is 0.188 e. The Morgan fingerprint density at radius 2 is 2.38 bits per heavy atom. The molecule has 1 fully saturated rings. The summed E-state index contributed by atoms with van der Waals surface area (Å²) in [6, 6.07) is 0. The topological polar surface area (TPSA) is 55.6 Å². The second-order valence-electron chi connectivity index (χ2n) is 3.46. The van der Waals surface area contributed by atoms with Gasteiger partial charge in [0.15, 0.2) is 5.82 Å². The Bertz CT molecular complexity index is 293. The van der Waals surface area contributed by atoms with Crippen LogP contribution in [0.1, 0.15) is 18.7 Å². The van der Waals surface area contributed by atoms with Crippen LogP contribution in [0.5, 0.6) is 0 Å². The minimum atomic E-state index is 0.154. The molecule has 1 saturated carbocycles. The summed E-state index contributed by atoms with van der Waals surface area (Å²) in [6.07, 6.45) is 2.30. The quantitative estimate of drug-likeness (QED) is 0.701. The third-order valence-corrected chi connectivity index (χ3v) is 2.79. The molecule has 5 nitrogen and oxygen atoms in total. The molecule has 0 spiro atoms. The van der Waals surface area contributed by atoms with Gasteiger partial charge in [0.2, 0.25) is 0 Å². The van der Waals surface area contributed by atoms with Gasteiger partial charge >= 0.3 is 0 Å². The van der Waals surface area contributed by atoms with Gasteiger partial charge in [-0.25, -0.2) is 0 Å². The zero-order chi connectivity index (χ0) is 9.31. The van der Waals surface area contributed by atoms with Gasteiger partial charge in [-0.2, -0.15) is 4.80 Å². The molecule has 1 aromatic heterocycles. The van der Waals surface area contributed by atoms with Crippen molar-refractivity contribution in [3.8, 4) is 0 Å². The molecule has 0 aliphatic heterocycles. The fourth-order valence-corrected chi connectivity index (χ4v) is 1.53. The first-order valence-electron chi connectivity index (χ1n) is 4.28. The lowest BCUT2D eigenvalue weighted by Gasteiger charge is -2.10. The van der Waals surface area contributed by atoms with Gasteiger partial charge in [0.1, 0.15) is 0 Å². The van der Waals surface area contributed by atoms with E-state index in [1.807, 2.05) is 0 Å². The lowest BCUT2D eigenvalue weighted by Crippen LogP contribution is -2.32. The third-order valence-electron chi connectivity index (χ3n) is 2.28. The molecule has 13 heavy (non-hydrogen) atoms. The van der Waals surface area contributed by atoms with Gasteiger partial charge < -0.3 is 5.32 Å². The van der Waals surface area contributed by atoms with E-state index in [2.05, 4.69) is 20.7 Å². The number of alkyl halides is 1. The number of aryl methyl sites for hydroxylation is 1. The molecular formula is C7H12ClN5. The monoisotopic (exact) mass is 201 g/mol. The zero-order valence-electron chi connectivity index (χ0n) is 7.50. The summed E-state index contributed by atoms with van der Waals surface area (Å²) < 4.78 is 0. The molecule has 0 radical (unpaired) electrons. The first-order chi connectivity index (χ1) is 6.24. The van der Waals surface area contributed by atoms with Crippen molar-refractivity contribution in [3.63, 3.8) is 0 Å². The maximum Gasteiger partial charge on any atom is 0.188 e. The number of nitrogens with zero attached hydrogens (tertiary/aromatic N) is 4. The third kappa shape index (κ3) is 1.97. The molecule has 2 rings (SSSR count). The van der Waals surface area contributed by atoms with Crippen molar-refractivity contribution in [2.45, 2.75) is 24.9 Å². The SMILES string of the molecule is Cn1nnc(CNC2(CCl)CC2)n1. The predicted octanol–water partition coefficient (Wildman–Crippen LogP) is 0.0711. The Morgan fingerprint density at radius 3 is 2.85 bits per heavy atom. The molecule has 1 aromatic rings. The van der Waals surface area contributed by atoms with E-state index in [0.717, 1.165) is 18.7 Å². The van der Waals surface area contributed by atoms with Crippen molar-refractivity contribution in [1.82, 2.24) is 25.5 Å². The minimum absolute atomic E-state index is 0.154. The molecular weight excluding hydrogens is 190 g/mol. The van der Waals surface area contributed by atoms with Gasteiger partial charge in [0, 0.05) is 11.4 Å². The van der Waals surface area contributed by atoms with E-state index in [9.17, 15) is 0 Å². The normalized spacial score (nSPS) is 18.9. The Balaban J connectivity index is 1.86. The van der Waals surface area contributed by atoms with Crippen LogP contribution in [0.15, 0.2) is 0 Å². The zero-order valence-corrected chi connectivity index (χ0v) is 8.25. The predicted molar refractivity (Wildman–Crippen MR) is 48.3 cm³/mol. The van der Waals surface area contributed by atoms with Crippen molar-refractivity contribution in [2.24, 2.45) is 7.05 Å². The molecule has 1 aliphatic carbocycles. The molecule has 0 saturated heterocycles. The molecule has 0 atom stereocenters. The molecule has 1 heterocycles. The van der Waals surface area contributed by atoms with E-state index in [4.69, 9.17) is 11.6 Å². The van der Waals surface area contributed by atoms with E-state index in [1.165, 1.54) is 4.80 Å². The highest BCUT2D eigenvalue weighted by molar-refractivity contribution is 6.18. The fourth-order valence-electron chi connectivity index (χ4n) is 1.17. The Hall–Kier alpha value is -0.680. The van der Waals surface area contributed by atoms with E-state index >= 15 is 0 Å². The van der Waals surface area contributed by atoms with Gasteiger partial charge in [-0.05, 0) is 18.1 Å². The van der Waals surface area contributed by atoms with Crippen LogP contribution in [0.4, 0.5) is 0 Å². The summed E-state index contributed by atoms with van der Waals surface area (Å²) >= 11 is 5.80. The lowest BCUT2D eigenvalue weighted by molar-refractivity contribution is 0.527. The van der Waals surface area contributed by atoms with Crippen molar-refractivity contribution in [2.75, 3.05) is 5.88 Å². The van der Waals surface area contributed by atoms with Crippen molar-refractivity contribution >= 4 is 11.6 Å². The van der Waals surface area contributed by atoms with Crippen LogP contribution in [0, 0.1) is 0 Å². The summed E-state index contributed by atoms with van der Waals surface area (Å²) in [6.45, 7) is 0.653. The number of hydrogen-bond donors (Lipinski definition) is 1. The van der Waals surface area contributed by atoms with Crippen LogP contribution in [0.25, 0.3) is 0 Å². The summed E-state index contributed by atoms with van der Waals surface area (Å²) in [5.74, 6) is 1.38. The lowest BCUT2D eigenvalue weighted by atomic mass is 10.3. The van der Waals surface area contributed by atoms with E-state index in [-0.39, 0.29) is 5.54 Å². The highest BCUT2D eigenvalue weighted by Gasteiger charge is 2.41. The highest BCUT2D eigenvalue weighted by Crippen LogP contribution is 2.36. The van der Waals surface area contributed by atoms with Gasteiger partial charge in [0.25, 0.3) is 0 Å². The van der Waals surface area contributed by atoms with Gasteiger partial charge in [0.05, 0.1) is 13.6 Å². The van der Waals surface area contributed by atoms with Crippen LogP contribution in [-0.4, -0.2) is 31.6 Å². The molecule has 0 unspecified atom stereocenters. The molecule has 0 bridgehead atoms. The standard InChI is InChI=1S/C7H12ClN5/c1-13-11-6(10-12-13)4-9-7(5-8)2-3-7/h9H,2-5H2,1H3. The van der Waals surface area contributed by atoms with Gasteiger partial charge in [-0.15, -0.1) is 21.8 Å². The number of aromatic nitrogens is 4.